The molecule has 1 aliphatic heterocycles. The number of para-hydroxylation sites is 1. The Kier molecular flexibility index (Phi) is 2.63. The van der Waals surface area contributed by atoms with Gasteiger partial charge in [0.1, 0.15) is 5.75 Å². The molecule has 3 rings (SSSR count). The first-order chi connectivity index (χ1) is 8.77. The zero-order chi connectivity index (χ0) is 12.5. The van der Waals surface area contributed by atoms with Crippen LogP contribution < -0.4 is 4.74 Å². The number of carbonyl (C=O) groups is 1. The lowest BCUT2D eigenvalue weighted by Crippen LogP contribution is -1.97. The Morgan fingerprint density at radius 1 is 1.06 bits per heavy atom. The van der Waals surface area contributed by atoms with Crippen molar-refractivity contribution in [2.24, 2.45) is 0 Å². The van der Waals surface area contributed by atoms with Gasteiger partial charge in [-0.15, -0.1) is 0 Å². The Bertz CT molecular complexity index is 614. The van der Waals surface area contributed by atoms with Gasteiger partial charge in [0.2, 0.25) is 0 Å². The summed E-state index contributed by atoms with van der Waals surface area (Å²) in [6.45, 7) is 2.33. The lowest BCUT2D eigenvalue weighted by molar-refractivity contribution is 0.101. The van der Waals surface area contributed by atoms with Crippen molar-refractivity contribution in [2.75, 3.05) is 6.61 Å². The highest BCUT2D eigenvalue weighted by Gasteiger charge is 2.19. The first-order valence-corrected chi connectivity index (χ1v) is 6.12. The van der Waals surface area contributed by atoms with Crippen LogP contribution in [-0.4, -0.2) is 12.4 Å². The summed E-state index contributed by atoms with van der Waals surface area (Å²) in [7, 11) is 0. The molecule has 1 aliphatic rings. The van der Waals surface area contributed by atoms with Gasteiger partial charge in [-0.05, 0) is 18.1 Å². The molecular weight excluding hydrogens is 224 g/mol. The Morgan fingerprint density at radius 2 is 1.83 bits per heavy atom. The van der Waals surface area contributed by atoms with E-state index < -0.39 is 0 Å². The average Bonchev–Trinajstić information content (AvgIpc) is 2.86. The number of rotatable bonds is 2. The fourth-order valence-electron chi connectivity index (χ4n) is 2.45. The van der Waals surface area contributed by atoms with Gasteiger partial charge in [-0.1, -0.05) is 42.5 Å². The topological polar surface area (TPSA) is 26.3 Å². The maximum Gasteiger partial charge on any atom is 0.160 e. The number of ether oxygens (including phenoxy) is 1. The maximum atomic E-state index is 11.7. The summed E-state index contributed by atoms with van der Waals surface area (Å²) in [4.78, 5) is 11.7. The van der Waals surface area contributed by atoms with Crippen molar-refractivity contribution in [3.05, 3.63) is 53.6 Å². The lowest BCUT2D eigenvalue weighted by atomic mass is 9.95. The summed E-state index contributed by atoms with van der Waals surface area (Å²) < 4.78 is 5.71. The molecule has 90 valence electrons. The highest BCUT2D eigenvalue weighted by atomic mass is 16.5. The third-order valence-electron chi connectivity index (χ3n) is 3.31. The third-order valence-corrected chi connectivity index (χ3v) is 3.31. The molecule has 0 fully saturated rings. The Morgan fingerprint density at radius 3 is 2.67 bits per heavy atom. The minimum absolute atomic E-state index is 0.0844. The van der Waals surface area contributed by atoms with Crippen LogP contribution in [0.4, 0.5) is 0 Å². The Hall–Kier alpha value is -2.09. The van der Waals surface area contributed by atoms with Crippen LogP contribution in [0.25, 0.3) is 11.1 Å². The standard InChI is InChI=1S/C16H14O2/c1-11(17)13-6-2-3-7-14(13)15-8-4-5-12-9-10-18-16(12)15/h2-8H,9-10H2,1H3. The number of fused-ring (bicyclic) bond motifs is 1. The summed E-state index contributed by atoms with van der Waals surface area (Å²) in [6.07, 6.45) is 0.950. The van der Waals surface area contributed by atoms with Crippen LogP contribution >= 0.6 is 0 Å². The van der Waals surface area contributed by atoms with Gasteiger partial charge in [-0.25, -0.2) is 0 Å². The minimum atomic E-state index is 0.0844. The van der Waals surface area contributed by atoms with Gasteiger partial charge < -0.3 is 4.74 Å². The summed E-state index contributed by atoms with van der Waals surface area (Å²) in [5.41, 5.74) is 3.96. The third kappa shape index (κ3) is 1.70. The van der Waals surface area contributed by atoms with Crippen LogP contribution in [0.5, 0.6) is 5.75 Å². The molecule has 0 N–H and O–H groups in total. The number of carbonyl (C=O) groups excluding carboxylic acids is 1. The molecule has 18 heavy (non-hydrogen) atoms. The predicted molar refractivity (Wildman–Crippen MR) is 71.1 cm³/mol. The van der Waals surface area contributed by atoms with Crippen molar-refractivity contribution in [2.45, 2.75) is 13.3 Å². The zero-order valence-corrected chi connectivity index (χ0v) is 10.3. The second kappa shape index (κ2) is 4.30. The fourth-order valence-corrected chi connectivity index (χ4v) is 2.45. The van der Waals surface area contributed by atoms with E-state index in [2.05, 4.69) is 6.07 Å². The van der Waals surface area contributed by atoms with Crippen LogP contribution in [0.1, 0.15) is 22.8 Å². The Balaban J connectivity index is 2.22. The molecule has 0 aliphatic carbocycles. The largest absolute Gasteiger partial charge is 0.492 e. The molecule has 1 heterocycles. The molecule has 2 aromatic rings. The fraction of sp³-hybridized carbons (Fsp3) is 0.188. The van der Waals surface area contributed by atoms with Crippen molar-refractivity contribution in [3.63, 3.8) is 0 Å². The number of benzene rings is 2. The smallest absolute Gasteiger partial charge is 0.160 e. The number of Topliss-reactive ketones (excluding diaryl/α,β-unsaturated/α-hetero) is 1. The summed E-state index contributed by atoms with van der Waals surface area (Å²) >= 11 is 0. The molecule has 0 unspecified atom stereocenters. The molecule has 0 atom stereocenters. The van der Waals surface area contributed by atoms with Gasteiger partial charge in [0.25, 0.3) is 0 Å². The summed E-state index contributed by atoms with van der Waals surface area (Å²) in [5.74, 6) is 1.02. The van der Waals surface area contributed by atoms with E-state index >= 15 is 0 Å². The molecule has 2 nitrogen and oxygen atoms in total. The molecule has 0 bridgehead atoms. The van der Waals surface area contributed by atoms with Crippen LogP contribution in [0.2, 0.25) is 0 Å². The van der Waals surface area contributed by atoms with Gasteiger partial charge in [-0.2, -0.15) is 0 Å². The van der Waals surface area contributed by atoms with E-state index in [0.29, 0.717) is 0 Å². The first-order valence-electron chi connectivity index (χ1n) is 6.12. The van der Waals surface area contributed by atoms with Gasteiger partial charge in [0.05, 0.1) is 6.61 Å². The van der Waals surface area contributed by atoms with Crippen LogP contribution in [-0.2, 0) is 6.42 Å². The quantitative estimate of drug-likeness (QED) is 0.748. The second-order valence-corrected chi connectivity index (χ2v) is 4.49. The van der Waals surface area contributed by atoms with E-state index in [1.54, 1.807) is 6.92 Å². The number of ketones is 1. The summed E-state index contributed by atoms with van der Waals surface area (Å²) in [5, 5.41) is 0. The van der Waals surface area contributed by atoms with Crippen LogP contribution in [0, 0.1) is 0 Å². The summed E-state index contributed by atoms with van der Waals surface area (Å²) in [6, 6.07) is 13.8. The molecule has 0 spiro atoms. The van der Waals surface area contributed by atoms with Crippen LogP contribution in [0.15, 0.2) is 42.5 Å². The van der Waals surface area contributed by atoms with E-state index in [1.165, 1.54) is 5.56 Å². The van der Waals surface area contributed by atoms with E-state index in [4.69, 9.17) is 4.74 Å². The Labute approximate surface area is 106 Å². The lowest BCUT2D eigenvalue weighted by Gasteiger charge is -2.11. The van der Waals surface area contributed by atoms with Gasteiger partial charge in [-0.3, -0.25) is 4.79 Å². The van der Waals surface area contributed by atoms with E-state index in [0.717, 1.165) is 35.5 Å². The SMILES string of the molecule is CC(=O)c1ccccc1-c1cccc2c1OCC2. The predicted octanol–water partition coefficient (Wildman–Crippen LogP) is 3.49. The van der Waals surface area contributed by atoms with E-state index in [9.17, 15) is 4.79 Å². The van der Waals surface area contributed by atoms with Crippen molar-refractivity contribution in [3.8, 4) is 16.9 Å². The second-order valence-electron chi connectivity index (χ2n) is 4.49. The van der Waals surface area contributed by atoms with Gasteiger partial charge >= 0.3 is 0 Å². The first kappa shape index (κ1) is 11.0. The molecule has 2 aromatic carbocycles. The van der Waals surface area contributed by atoms with Crippen molar-refractivity contribution >= 4 is 5.78 Å². The van der Waals surface area contributed by atoms with Crippen molar-refractivity contribution in [1.29, 1.82) is 0 Å². The molecule has 0 radical (unpaired) electrons. The molecule has 0 amide bonds. The minimum Gasteiger partial charge on any atom is -0.492 e. The number of hydrogen-bond acceptors (Lipinski definition) is 2. The molecule has 2 heteroatoms. The highest BCUT2D eigenvalue weighted by molar-refractivity contribution is 6.01. The molecule has 0 aromatic heterocycles. The van der Waals surface area contributed by atoms with Crippen molar-refractivity contribution in [1.82, 2.24) is 0 Å². The van der Waals surface area contributed by atoms with E-state index in [-0.39, 0.29) is 5.78 Å². The zero-order valence-electron chi connectivity index (χ0n) is 10.3. The highest BCUT2D eigenvalue weighted by Crippen LogP contribution is 2.38. The maximum absolute atomic E-state index is 11.7. The average molecular weight is 238 g/mol. The normalized spacial score (nSPS) is 12.9. The molecule has 0 saturated carbocycles. The van der Waals surface area contributed by atoms with Crippen molar-refractivity contribution < 1.29 is 9.53 Å². The van der Waals surface area contributed by atoms with E-state index in [1.807, 2.05) is 36.4 Å². The van der Waals surface area contributed by atoms with Gasteiger partial charge in [0.15, 0.2) is 5.78 Å². The van der Waals surface area contributed by atoms with Crippen LogP contribution in [0.3, 0.4) is 0 Å². The van der Waals surface area contributed by atoms with Gasteiger partial charge in [0, 0.05) is 17.5 Å². The monoisotopic (exact) mass is 238 g/mol. The molecular formula is C16H14O2. The molecule has 0 saturated heterocycles. The number of hydrogen-bond donors (Lipinski definition) is 0.